The van der Waals surface area contributed by atoms with Gasteiger partial charge >= 0.3 is 19.9 Å². The molecule has 2 saturated heterocycles. The summed E-state index contributed by atoms with van der Waals surface area (Å²) in [6.45, 7) is 4.46. The quantitative estimate of drug-likeness (QED) is 0.103. The molecular formula is C27H34N7O11P. The molecule has 5 rings (SSSR count). The highest BCUT2D eigenvalue weighted by Crippen LogP contribution is 2.51. The number of hydrogen-bond acceptors (Lipinski definition) is 15. The molecule has 0 radical (unpaired) electrons. The molecule has 0 bridgehead atoms. The monoisotopic (exact) mass is 663 g/mol. The Bertz CT molecular complexity index is 1670. The van der Waals surface area contributed by atoms with E-state index < -0.39 is 56.6 Å². The van der Waals surface area contributed by atoms with Gasteiger partial charge in [0, 0.05) is 6.42 Å². The zero-order valence-corrected chi connectivity index (χ0v) is 26.0. The number of nitrogen functional groups attached to an aromatic ring is 2. The second-order valence-electron chi connectivity index (χ2n) is 11.0. The largest absolute Gasteiger partial charge is 0.509 e. The first-order valence-corrected chi connectivity index (χ1v) is 15.8. The van der Waals surface area contributed by atoms with Crippen molar-refractivity contribution < 1.29 is 52.1 Å². The summed E-state index contributed by atoms with van der Waals surface area (Å²) >= 11 is 0. The molecule has 6 N–H and O–H groups in total. The lowest BCUT2D eigenvalue weighted by atomic mass is 9.96. The second-order valence-corrected chi connectivity index (χ2v) is 12.7. The number of hydrogen-bond donors (Lipinski definition) is 4. The van der Waals surface area contributed by atoms with Crippen molar-refractivity contribution in [3.8, 4) is 5.75 Å². The van der Waals surface area contributed by atoms with E-state index in [0.717, 1.165) is 0 Å². The second kappa shape index (κ2) is 13.2. The highest BCUT2D eigenvalue weighted by atomic mass is 31.2. The molecule has 1 aromatic carbocycles. The number of rotatable bonds is 15. The Morgan fingerprint density at radius 2 is 2.04 bits per heavy atom. The van der Waals surface area contributed by atoms with Crippen LogP contribution in [0.25, 0.3) is 11.2 Å². The fourth-order valence-corrected chi connectivity index (χ4v) is 6.63. The van der Waals surface area contributed by atoms with Gasteiger partial charge in [0.25, 0.3) is 0 Å². The van der Waals surface area contributed by atoms with E-state index in [1.807, 2.05) is 0 Å². The number of fused-ring (bicyclic) bond motifs is 2. The number of para-hydroxylation sites is 1. The summed E-state index contributed by atoms with van der Waals surface area (Å²) in [5, 5.41) is 11.8. The molecule has 19 heteroatoms. The third-order valence-electron chi connectivity index (χ3n) is 7.25. The van der Waals surface area contributed by atoms with E-state index in [1.165, 1.54) is 17.0 Å². The number of nitrogens with one attached hydrogen (secondary N) is 1. The van der Waals surface area contributed by atoms with Crippen LogP contribution in [0.2, 0.25) is 0 Å². The molecule has 0 spiro atoms. The molecule has 3 aromatic rings. The summed E-state index contributed by atoms with van der Waals surface area (Å²) in [6.07, 6.45) is -2.73. The fourth-order valence-electron chi connectivity index (χ4n) is 5.12. The Morgan fingerprint density at radius 1 is 1.28 bits per heavy atom. The number of imidazole rings is 1. The van der Waals surface area contributed by atoms with Crippen molar-refractivity contribution in [3.63, 3.8) is 0 Å². The van der Waals surface area contributed by atoms with Gasteiger partial charge in [-0.15, -0.1) is 0 Å². The molecule has 0 amide bonds. The van der Waals surface area contributed by atoms with Crippen LogP contribution in [0, 0.1) is 0 Å². The molecule has 2 aliphatic rings. The SMILES string of the molecule is CC(C)OC[C@@H](C=O)N[P@](=O)(OC[C@H]1O[C@@H](n2cnc3c(N)nc(N)nc32)[C@]2(C)OC(=O)O[C@H]12)Oc1ccccc1CCC(=O)O. The lowest BCUT2D eigenvalue weighted by Crippen LogP contribution is -2.42. The third-order valence-corrected chi connectivity index (χ3v) is 8.82. The first kappa shape index (κ1) is 33.0. The number of aryl methyl sites for hydroxylation is 1. The van der Waals surface area contributed by atoms with Crippen LogP contribution >= 0.6 is 7.75 Å². The van der Waals surface area contributed by atoms with Crippen molar-refractivity contribution in [1.29, 1.82) is 0 Å². The van der Waals surface area contributed by atoms with E-state index in [-0.39, 0.29) is 54.2 Å². The van der Waals surface area contributed by atoms with Crippen LogP contribution in [-0.4, -0.2) is 86.2 Å². The molecule has 18 nitrogen and oxygen atoms in total. The van der Waals surface area contributed by atoms with Crippen molar-refractivity contribution in [3.05, 3.63) is 36.2 Å². The number of benzene rings is 1. The topological polar surface area (TPSA) is 252 Å². The number of nitrogens with two attached hydrogens (primary N) is 2. The molecule has 46 heavy (non-hydrogen) atoms. The number of aromatic nitrogens is 4. The predicted octanol–water partition coefficient (Wildman–Crippen LogP) is 1.99. The van der Waals surface area contributed by atoms with Gasteiger partial charge in [0.1, 0.15) is 23.7 Å². The van der Waals surface area contributed by atoms with E-state index in [9.17, 15) is 24.1 Å². The molecule has 248 valence electrons. The Hall–Kier alpha value is -4.35. The third kappa shape index (κ3) is 6.90. The van der Waals surface area contributed by atoms with Gasteiger partial charge in [-0.3, -0.25) is 13.9 Å². The minimum absolute atomic E-state index is 0.0273. The molecule has 2 fully saturated rings. The number of carbonyl (C=O) groups is 3. The lowest BCUT2D eigenvalue weighted by molar-refractivity contribution is -0.137. The van der Waals surface area contributed by atoms with Crippen LogP contribution < -0.4 is 21.1 Å². The maximum absolute atomic E-state index is 14.3. The van der Waals surface area contributed by atoms with Gasteiger partial charge < -0.3 is 44.8 Å². The Balaban J connectivity index is 1.43. The Labute approximate surface area is 262 Å². The number of ether oxygens (including phenoxy) is 4. The molecular weight excluding hydrogens is 629 g/mol. The van der Waals surface area contributed by atoms with Gasteiger partial charge in [0.2, 0.25) is 5.95 Å². The zero-order valence-electron chi connectivity index (χ0n) is 25.1. The van der Waals surface area contributed by atoms with Crippen LogP contribution in [0.5, 0.6) is 5.75 Å². The minimum Gasteiger partial charge on any atom is -0.481 e. The molecule has 2 aromatic heterocycles. The maximum atomic E-state index is 14.3. The van der Waals surface area contributed by atoms with Gasteiger partial charge in [-0.25, -0.2) is 14.3 Å². The number of carboxylic acids is 1. The van der Waals surface area contributed by atoms with Gasteiger partial charge in [-0.1, -0.05) is 18.2 Å². The summed E-state index contributed by atoms with van der Waals surface area (Å²) in [5.74, 6) is -1.06. The Morgan fingerprint density at radius 3 is 2.76 bits per heavy atom. The zero-order chi connectivity index (χ0) is 33.2. The number of carboxylic acid groups (broad SMARTS) is 1. The van der Waals surface area contributed by atoms with E-state index in [1.54, 1.807) is 39.0 Å². The normalized spacial score (nSPS) is 24.3. The van der Waals surface area contributed by atoms with Crippen molar-refractivity contribution in [2.75, 3.05) is 24.7 Å². The van der Waals surface area contributed by atoms with Gasteiger partial charge in [0.15, 0.2) is 29.4 Å². The van der Waals surface area contributed by atoms with Crippen LogP contribution in [0.15, 0.2) is 30.6 Å². The minimum atomic E-state index is -4.45. The van der Waals surface area contributed by atoms with E-state index >= 15 is 0 Å². The highest BCUT2D eigenvalue weighted by molar-refractivity contribution is 7.52. The van der Waals surface area contributed by atoms with E-state index in [4.69, 9.17) is 39.5 Å². The van der Waals surface area contributed by atoms with Crippen LogP contribution in [0.3, 0.4) is 0 Å². The van der Waals surface area contributed by atoms with E-state index in [2.05, 4.69) is 20.0 Å². The summed E-state index contributed by atoms with van der Waals surface area (Å²) in [6, 6.07) is 5.26. The average molecular weight is 664 g/mol. The van der Waals surface area contributed by atoms with Crippen molar-refractivity contribution in [2.24, 2.45) is 0 Å². The van der Waals surface area contributed by atoms with Crippen molar-refractivity contribution in [1.82, 2.24) is 24.6 Å². The molecule has 0 saturated carbocycles. The first-order valence-electron chi connectivity index (χ1n) is 14.2. The summed E-state index contributed by atoms with van der Waals surface area (Å²) < 4.78 is 50.2. The van der Waals surface area contributed by atoms with Gasteiger partial charge in [-0.05, 0) is 38.8 Å². The van der Waals surface area contributed by atoms with E-state index in [0.29, 0.717) is 11.8 Å². The standard InChI is InChI=1S/C27H34N7O11P/c1-14(2)40-11-16(10-35)33-46(39,45-17-7-5-4-6-15(17)8-9-19(36)37)41-12-18-21-27(3,44-26(38)43-21)24(42-18)34-13-30-20-22(28)31-25(29)32-23(20)34/h4-7,10,13-14,16,18,21,24H,8-9,11-12H2,1-3H3,(H,33,39)(H,36,37)(H4,28,29,31,32)/t16-,18-,21-,24-,27-,46+/m1/s1. The summed E-state index contributed by atoms with van der Waals surface area (Å²) in [5.41, 5.74) is 11.2. The number of carbonyl (C=O) groups excluding carboxylic acids is 2. The number of aldehydes is 1. The molecule has 2 aliphatic heterocycles. The fraction of sp³-hybridized carbons (Fsp3) is 0.481. The smallest absolute Gasteiger partial charge is 0.481 e. The maximum Gasteiger partial charge on any atom is 0.509 e. The summed E-state index contributed by atoms with van der Waals surface area (Å²) in [7, 11) is -4.45. The van der Waals surface area contributed by atoms with Gasteiger partial charge in [-0.2, -0.15) is 15.1 Å². The first-order chi connectivity index (χ1) is 21.8. The molecule has 0 unspecified atom stereocenters. The average Bonchev–Trinajstić information content (AvgIpc) is 3.62. The number of nitrogens with zero attached hydrogens (tertiary/aromatic N) is 4. The lowest BCUT2D eigenvalue weighted by Gasteiger charge is -2.26. The van der Waals surface area contributed by atoms with Crippen LogP contribution in [0.4, 0.5) is 16.6 Å². The summed E-state index contributed by atoms with van der Waals surface area (Å²) in [4.78, 5) is 47.9. The van der Waals surface area contributed by atoms with Crippen molar-refractivity contribution >= 4 is 49.1 Å². The van der Waals surface area contributed by atoms with Crippen LogP contribution in [-0.2, 0) is 44.0 Å². The molecule has 6 atom stereocenters. The van der Waals surface area contributed by atoms with Crippen LogP contribution in [0.1, 0.15) is 39.0 Å². The predicted molar refractivity (Wildman–Crippen MR) is 158 cm³/mol. The molecule has 4 heterocycles. The number of aliphatic carboxylic acids is 1. The Kier molecular flexibility index (Phi) is 9.46. The van der Waals surface area contributed by atoms with Gasteiger partial charge in [0.05, 0.1) is 31.7 Å². The molecule has 0 aliphatic carbocycles. The highest BCUT2D eigenvalue weighted by Gasteiger charge is 2.64. The van der Waals surface area contributed by atoms with Crippen molar-refractivity contribution in [2.45, 2.75) is 69.8 Å². The number of anilines is 2.